The number of nitrogens with one attached hydrogen (secondary N) is 2. The van der Waals surface area contributed by atoms with Gasteiger partial charge in [0.2, 0.25) is 0 Å². The van der Waals surface area contributed by atoms with Crippen LogP contribution in [0.2, 0.25) is 0 Å². The van der Waals surface area contributed by atoms with Crippen molar-refractivity contribution in [3.8, 4) is 22.5 Å². The molecule has 8 rings (SSSR count). The molecule has 5 heterocycles. The summed E-state index contributed by atoms with van der Waals surface area (Å²) in [5.41, 5.74) is 4.14. The van der Waals surface area contributed by atoms with E-state index in [0.29, 0.717) is 13.1 Å². The number of likely N-dealkylation sites (tertiary alicyclic amines) is 2. The van der Waals surface area contributed by atoms with Gasteiger partial charge in [-0.15, -0.1) is 0 Å². The average molecular weight is 701 g/mol. The van der Waals surface area contributed by atoms with Crippen molar-refractivity contribution in [2.75, 3.05) is 13.1 Å². The molecule has 2 fully saturated rings. The Hall–Kier alpha value is -5.52. The predicted molar refractivity (Wildman–Crippen MR) is 200 cm³/mol. The number of hydrogen-bond donors (Lipinski definition) is 2. The normalized spacial score (nSPS) is 18.2. The second kappa shape index (κ2) is 12.6. The lowest BCUT2D eigenvalue weighted by Gasteiger charge is -2.27. The van der Waals surface area contributed by atoms with E-state index in [1.54, 1.807) is 22.2 Å². The molecule has 2 atom stereocenters. The summed E-state index contributed by atoms with van der Waals surface area (Å²) in [7, 11) is 0. The molecule has 0 spiro atoms. The third kappa shape index (κ3) is 6.31. The maximum atomic E-state index is 13.0. The lowest BCUT2D eigenvalue weighted by molar-refractivity contribution is 0.0208. The number of carbonyl (C=O) groups excluding carboxylic acids is 2. The van der Waals surface area contributed by atoms with Gasteiger partial charge in [0.15, 0.2) is 0 Å². The van der Waals surface area contributed by atoms with Gasteiger partial charge in [-0.05, 0) is 90.1 Å². The SMILES string of the molecule is CC(C)(C)OC(=O)N1CCCC1c1ncc(-c2ccc3c4ccc(-c5cnc(C6CCCN6C(=O)OC(C)(C)C)[nH]5)cc4c4nccnc4c3c2)[nH]1. The first-order valence-corrected chi connectivity index (χ1v) is 18.0. The highest BCUT2D eigenvalue weighted by molar-refractivity contribution is 6.24. The predicted octanol–water partition coefficient (Wildman–Crippen LogP) is 8.86. The minimum absolute atomic E-state index is 0.165. The average Bonchev–Trinajstić information content (AvgIpc) is 3.92. The van der Waals surface area contributed by atoms with Crippen LogP contribution in [0, 0.1) is 0 Å². The topological polar surface area (TPSA) is 142 Å². The molecule has 0 bridgehead atoms. The van der Waals surface area contributed by atoms with Crippen molar-refractivity contribution in [1.82, 2.24) is 39.7 Å². The van der Waals surface area contributed by atoms with Crippen LogP contribution in [0.15, 0.2) is 61.2 Å². The van der Waals surface area contributed by atoms with Crippen molar-refractivity contribution in [2.45, 2.75) is 90.5 Å². The Kier molecular flexibility index (Phi) is 8.15. The molecule has 2 amide bonds. The third-order valence-corrected chi connectivity index (χ3v) is 9.74. The molecule has 2 aliphatic rings. The molecule has 3 aromatic heterocycles. The Morgan fingerprint density at radius 1 is 0.635 bits per heavy atom. The molecule has 268 valence electrons. The first-order valence-electron chi connectivity index (χ1n) is 18.0. The van der Waals surface area contributed by atoms with Gasteiger partial charge < -0.3 is 19.4 Å². The van der Waals surface area contributed by atoms with Gasteiger partial charge in [-0.3, -0.25) is 19.8 Å². The van der Waals surface area contributed by atoms with Crippen LogP contribution in [-0.2, 0) is 9.47 Å². The van der Waals surface area contributed by atoms with Gasteiger partial charge in [-0.2, -0.15) is 0 Å². The van der Waals surface area contributed by atoms with Crippen molar-refractivity contribution in [3.63, 3.8) is 0 Å². The number of imidazole rings is 2. The van der Waals surface area contributed by atoms with Crippen LogP contribution >= 0.6 is 0 Å². The van der Waals surface area contributed by atoms with Crippen molar-refractivity contribution >= 4 is 44.8 Å². The number of amides is 2. The molecule has 12 heteroatoms. The summed E-state index contributed by atoms with van der Waals surface area (Å²) in [6, 6.07) is 12.4. The van der Waals surface area contributed by atoms with Gasteiger partial charge in [0.05, 0.1) is 46.9 Å². The summed E-state index contributed by atoms with van der Waals surface area (Å²) in [4.78, 5) is 55.5. The fourth-order valence-electron chi connectivity index (χ4n) is 7.50. The van der Waals surface area contributed by atoms with E-state index in [9.17, 15) is 9.59 Å². The lowest BCUT2D eigenvalue weighted by Crippen LogP contribution is -2.36. The van der Waals surface area contributed by atoms with Gasteiger partial charge in [-0.25, -0.2) is 19.6 Å². The van der Waals surface area contributed by atoms with E-state index in [0.717, 1.165) is 92.4 Å². The maximum Gasteiger partial charge on any atom is 0.410 e. The van der Waals surface area contributed by atoms with Crippen LogP contribution < -0.4 is 0 Å². The number of nitrogens with zero attached hydrogens (tertiary/aromatic N) is 6. The van der Waals surface area contributed by atoms with Crippen molar-refractivity contribution in [2.24, 2.45) is 0 Å². The number of aromatic nitrogens is 6. The van der Waals surface area contributed by atoms with Crippen LogP contribution in [-0.4, -0.2) is 76.2 Å². The Balaban J connectivity index is 1.11. The van der Waals surface area contributed by atoms with E-state index < -0.39 is 11.2 Å². The molecule has 0 saturated carbocycles. The summed E-state index contributed by atoms with van der Waals surface area (Å²) in [6.45, 7) is 12.6. The first kappa shape index (κ1) is 33.6. The Morgan fingerprint density at radius 2 is 1.06 bits per heavy atom. The van der Waals surface area contributed by atoms with E-state index in [1.165, 1.54) is 0 Å². The number of rotatable bonds is 4. The standard InChI is InChI=1S/C40H44N8O4/c1-39(2,3)51-37(49)47-17-7-9-31(47)35-43-21-29(45-35)23-11-13-25-26-14-12-24(20-28(26)34-33(27(25)19-23)41-15-16-42-34)30-22-44-36(46-30)32-10-8-18-48(32)38(50)52-40(4,5)6/h11-16,19-22,31-32H,7-10,17-18H2,1-6H3,(H,43,45)(H,44,46). The minimum Gasteiger partial charge on any atom is -0.444 e. The zero-order valence-electron chi connectivity index (χ0n) is 30.5. The largest absolute Gasteiger partial charge is 0.444 e. The number of hydrogen-bond acceptors (Lipinski definition) is 8. The number of H-pyrrole nitrogens is 2. The molecule has 3 aromatic carbocycles. The van der Waals surface area contributed by atoms with Crippen LogP contribution in [0.4, 0.5) is 9.59 Å². The monoisotopic (exact) mass is 700 g/mol. The molecule has 2 aliphatic heterocycles. The van der Waals surface area contributed by atoms with Gasteiger partial charge in [0, 0.05) is 47.4 Å². The first-order chi connectivity index (χ1) is 24.8. The fourth-order valence-corrected chi connectivity index (χ4v) is 7.50. The van der Waals surface area contributed by atoms with Crippen LogP contribution in [0.1, 0.15) is 91.0 Å². The highest BCUT2D eigenvalue weighted by Gasteiger charge is 2.36. The van der Waals surface area contributed by atoms with Crippen LogP contribution in [0.3, 0.4) is 0 Å². The van der Waals surface area contributed by atoms with Crippen molar-refractivity contribution in [3.05, 3.63) is 72.8 Å². The smallest absolute Gasteiger partial charge is 0.410 e. The molecular weight excluding hydrogens is 656 g/mol. The maximum absolute atomic E-state index is 13.0. The molecule has 0 radical (unpaired) electrons. The minimum atomic E-state index is -0.564. The highest BCUT2D eigenvalue weighted by atomic mass is 16.6. The van der Waals surface area contributed by atoms with E-state index >= 15 is 0 Å². The van der Waals surface area contributed by atoms with E-state index in [-0.39, 0.29) is 24.3 Å². The van der Waals surface area contributed by atoms with E-state index in [2.05, 4.69) is 46.4 Å². The molecule has 2 saturated heterocycles. The fraction of sp³-hybridized carbons (Fsp3) is 0.400. The number of aromatic amines is 2. The Bertz CT molecular complexity index is 2150. The molecule has 12 nitrogen and oxygen atoms in total. The summed E-state index contributed by atoms with van der Waals surface area (Å²) in [6.07, 6.45) is 9.92. The van der Waals surface area contributed by atoms with Gasteiger partial charge in [0.25, 0.3) is 0 Å². The molecule has 52 heavy (non-hydrogen) atoms. The summed E-state index contributed by atoms with van der Waals surface area (Å²) < 4.78 is 11.4. The lowest BCUT2D eigenvalue weighted by atomic mass is 9.95. The zero-order chi connectivity index (χ0) is 36.4. The molecule has 6 aromatic rings. The summed E-state index contributed by atoms with van der Waals surface area (Å²) in [5.74, 6) is 1.50. The highest BCUT2D eigenvalue weighted by Crippen LogP contribution is 2.39. The van der Waals surface area contributed by atoms with Gasteiger partial charge >= 0.3 is 12.2 Å². The number of carbonyl (C=O) groups is 2. The molecule has 2 unspecified atom stereocenters. The van der Waals surface area contributed by atoms with Crippen LogP contribution in [0.25, 0.3) is 55.1 Å². The van der Waals surface area contributed by atoms with Crippen molar-refractivity contribution < 1.29 is 19.1 Å². The number of benzene rings is 3. The zero-order valence-corrected chi connectivity index (χ0v) is 30.5. The molecular formula is C40H44N8O4. The van der Waals surface area contributed by atoms with E-state index in [1.807, 2.05) is 53.9 Å². The van der Waals surface area contributed by atoms with Gasteiger partial charge in [-0.1, -0.05) is 24.3 Å². The Labute approximate surface area is 302 Å². The van der Waals surface area contributed by atoms with Crippen LogP contribution in [0.5, 0.6) is 0 Å². The second-order valence-electron chi connectivity index (χ2n) is 15.8. The second-order valence-corrected chi connectivity index (χ2v) is 15.8. The summed E-state index contributed by atoms with van der Waals surface area (Å²) >= 11 is 0. The van der Waals surface area contributed by atoms with E-state index in [4.69, 9.17) is 29.4 Å². The quantitative estimate of drug-likeness (QED) is 0.174. The van der Waals surface area contributed by atoms with Gasteiger partial charge in [0.1, 0.15) is 22.9 Å². The number of fused-ring (bicyclic) bond motifs is 6. The number of ether oxygens (including phenoxy) is 2. The Morgan fingerprint density at radius 3 is 1.46 bits per heavy atom. The third-order valence-electron chi connectivity index (χ3n) is 9.74. The molecule has 2 N–H and O–H groups in total. The van der Waals surface area contributed by atoms with Crippen molar-refractivity contribution in [1.29, 1.82) is 0 Å². The molecule has 0 aliphatic carbocycles. The summed E-state index contributed by atoms with van der Waals surface area (Å²) in [5, 5.41) is 4.10.